The van der Waals surface area contributed by atoms with Gasteiger partial charge in [0.2, 0.25) is 0 Å². The molecule has 2 aliphatic rings. The van der Waals surface area contributed by atoms with Crippen LogP contribution < -0.4 is 0 Å². The highest BCUT2D eigenvalue weighted by atomic mass is 16.1. The van der Waals surface area contributed by atoms with Gasteiger partial charge in [-0.15, -0.1) is 0 Å². The minimum atomic E-state index is 0.305. The normalized spacial score (nSPS) is 33.7. The number of carbonyl (C=O) groups is 1. The van der Waals surface area contributed by atoms with Gasteiger partial charge in [0.25, 0.3) is 0 Å². The van der Waals surface area contributed by atoms with E-state index in [1.165, 1.54) is 25.7 Å². The Morgan fingerprint density at radius 2 is 1.92 bits per heavy atom. The first-order valence-corrected chi connectivity index (χ1v) is 5.15. The van der Waals surface area contributed by atoms with Gasteiger partial charge in [-0.1, -0.05) is 20.3 Å². The van der Waals surface area contributed by atoms with Gasteiger partial charge in [0.15, 0.2) is 0 Å². The van der Waals surface area contributed by atoms with Gasteiger partial charge in [-0.05, 0) is 31.1 Å². The summed E-state index contributed by atoms with van der Waals surface area (Å²) in [5.41, 5.74) is 0.305. The average Bonchev–Trinajstić information content (AvgIpc) is 2.75. The smallest absolute Gasteiger partial charge is 0.139 e. The van der Waals surface area contributed by atoms with E-state index in [-0.39, 0.29) is 0 Å². The van der Waals surface area contributed by atoms with Gasteiger partial charge in [-0.2, -0.15) is 0 Å². The highest BCUT2D eigenvalue weighted by Gasteiger charge is 2.44. The predicted octanol–water partition coefficient (Wildman–Crippen LogP) is 2.79. The van der Waals surface area contributed by atoms with Crippen molar-refractivity contribution < 1.29 is 4.79 Å². The second-order valence-electron chi connectivity index (χ2n) is 5.11. The minimum Gasteiger partial charge on any atom is -0.299 e. The third-order valence-electron chi connectivity index (χ3n) is 3.58. The zero-order chi connectivity index (χ0) is 8.77. The van der Waals surface area contributed by atoms with Crippen molar-refractivity contribution in [1.29, 1.82) is 0 Å². The van der Waals surface area contributed by atoms with Gasteiger partial charge in [-0.3, -0.25) is 4.79 Å². The Hall–Kier alpha value is -0.330. The number of Topliss-reactive ketones (excluding diaryl/α,β-unsaturated/α-hetero) is 1. The fourth-order valence-corrected chi connectivity index (χ4v) is 2.51. The van der Waals surface area contributed by atoms with Crippen molar-refractivity contribution in [3.8, 4) is 0 Å². The van der Waals surface area contributed by atoms with E-state index in [9.17, 15) is 4.79 Å². The van der Waals surface area contributed by atoms with E-state index >= 15 is 0 Å². The van der Waals surface area contributed by atoms with Crippen LogP contribution >= 0.6 is 0 Å². The molecular formula is C11H18O. The van der Waals surface area contributed by atoms with Crippen LogP contribution in [0.4, 0.5) is 0 Å². The summed E-state index contributed by atoms with van der Waals surface area (Å²) in [7, 11) is 0. The van der Waals surface area contributed by atoms with Crippen LogP contribution in [0.2, 0.25) is 0 Å². The summed E-state index contributed by atoms with van der Waals surface area (Å²) in [5, 5.41) is 0. The van der Waals surface area contributed by atoms with Gasteiger partial charge < -0.3 is 0 Å². The van der Waals surface area contributed by atoms with Crippen molar-refractivity contribution in [1.82, 2.24) is 0 Å². The molecule has 0 bridgehead atoms. The first-order valence-electron chi connectivity index (χ1n) is 5.15. The van der Waals surface area contributed by atoms with Crippen molar-refractivity contribution in [2.24, 2.45) is 17.3 Å². The van der Waals surface area contributed by atoms with Gasteiger partial charge in [0.05, 0.1) is 0 Å². The van der Waals surface area contributed by atoms with Crippen LogP contribution in [0, 0.1) is 17.3 Å². The van der Waals surface area contributed by atoms with E-state index in [4.69, 9.17) is 0 Å². The molecule has 2 aliphatic carbocycles. The lowest BCUT2D eigenvalue weighted by Crippen LogP contribution is -2.26. The zero-order valence-electron chi connectivity index (χ0n) is 8.10. The van der Waals surface area contributed by atoms with Crippen molar-refractivity contribution in [3.05, 3.63) is 0 Å². The van der Waals surface area contributed by atoms with Gasteiger partial charge >= 0.3 is 0 Å². The Balaban J connectivity index is 2.06. The van der Waals surface area contributed by atoms with Crippen LogP contribution in [0.5, 0.6) is 0 Å². The molecule has 2 fully saturated rings. The van der Waals surface area contributed by atoms with Crippen molar-refractivity contribution in [2.75, 3.05) is 0 Å². The summed E-state index contributed by atoms with van der Waals surface area (Å²) in [6.07, 6.45) is 6.01. The lowest BCUT2D eigenvalue weighted by atomic mass is 9.78. The Bertz CT molecular complexity index is 201. The van der Waals surface area contributed by atoms with E-state index in [1.807, 2.05) is 0 Å². The molecule has 0 aromatic carbocycles. The molecule has 1 heteroatoms. The number of hydrogen-bond donors (Lipinski definition) is 0. The number of hydrogen-bond acceptors (Lipinski definition) is 1. The van der Waals surface area contributed by atoms with Crippen molar-refractivity contribution in [3.63, 3.8) is 0 Å². The monoisotopic (exact) mass is 166 g/mol. The van der Waals surface area contributed by atoms with Crippen LogP contribution in [0.25, 0.3) is 0 Å². The molecule has 2 saturated carbocycles. The maximum absolute atomic E-state index is 11.8. The Morgan fingerprint density at radius 1 is 1.25 bits per heavy atom. The molecule has 0 aromatic rings. The lowest BCUT2D eigenvalue weighted by molar-refractivity contribution is -0.126. The first-order chi connectivity index (χ1) is 5.61. The van der Waals surface area contributed by atoms with E-state index < -0.39 is 0 Å². The molecule has 1 atom stereocenters. The van der Waals surface area contributed by atoms with E-state index in [0.29, 0.717) is 23.0 Å². The maximum atomic E-state index is 11.8. The molecule has 12 heavy (non-hydrogen) atoms. The topological polar surface area (TPSA) is 17.1 Å². The summed E-state index contributed by atoms with van der Waals surface area (Å²) in [4.78, 5) is 11.8. The third kappa shape index (κ3) is 1.30. The molecule has 0 radical (unpaired) electrons. The molecule has 68 valence electrons. The van der Waals surface area contributed by atoms with Crippen LogP contribution in [0.3, 0.4) is 0 Å². The highest BCUT2D eigenvalue weighted by molar-refractivity contribution is 5.86. The van der Waals surface area contributed by atoms with Crippen molar-refractivity contribution >= 4 is 5.78 Å². The minimum absolute atomic E-state index is 0.305. The summed E-state index contributed by atoms with van der Waals surface area (Å²) >= 11 is 0. The third-order valence-corrected chi connectivity index (χ3v) is 3.58. The van der Waals surface area contributed by atoms with Gasteiger partial charge in [-0.25, -0.2) is 0 Å². The lowest BCUT2D eigenvalue weighted by Gasteiger charge is -2.25. The zero-order valence-corrected chi connectivity index (χ0v) is 8.10. The molecule has 0 heterocycles. The van der Waals surface area contributed by atoms with Gasteiger partial charge in [0, 0.05) is 11.8 Å². The van der Waals surface area contributed by atoms with Gasteiger partial charge in [0.1, 0.15) is 5.78 Å². The SMILES string of the molecule is CC1(C)CCCC1C(=O)C1CC1. The molecule has 1 unspecified atom stereocenters. The van der Waals surface area contributed by atoms with Crippen LogP contribution in [0.15, 0.2) is 0 Å². The second kappa shape index (κ2) is 2.58. The molecule has 0 amide bonds. The van der Waals surface area contributed by atoms with Crippen LogP contribution in [0.1, 0.15) is 46.0 Å². The molecule has 0 aliphatic heterocycles. The fraction of sp³-hybridized carbons (Fsp3) is 0.909. The number of rotatable bonds is 2. The summed E-state index contributed by atoms with van der Waals surface area (Å²) in [6.45, 7) is 4.51. The van der Waals surface area contributed by atoms with E-state index in [0.717, 1.165) is 6.42 Å². The fourth-order valence-electron chi connectivity index (χ4n) is 2.51. The quantitative estimate of drug-likeness (QED) is 0.616. The van der Waals surface area contributed by atoms with Crippen LogP contribution in [-0.2, 0) is 4.79 Å². The number of ketones is 1. The molecule has 0 aromatic heterocycles. The number of carbonyl (C=O) groups excluding carboxylic acids is 1. The molecule has 2 rings (SSSR count). The Kier molecular flexibility index (Phi) is 1.78. The van der Waals surface area contributed by atoms with E-state index in [2.05, 4.69) is 13.8 Å². The molecule has 0 spiro atoms. The molecule has 0 N–H and O–H groups in total. The Morgan fingerprint density at radius 3 is 2.33 bits per heavy atom. The summed E-state index contributed by atoms with van der Waals surface area (Å²) in [5.74, 6) is 1.44. The maximum Gasteiger partial charge on any atom is 0.139 e. The molecule has 0 saturated heterocycles. The Labute approximate surface area is 74.5 Å². The average molecular weight is 166 g/mol. The largest absolute Gasteiger partial charge is 0.299 e. The van der Waals surface area contributed by atoms with Crippen LogP contribution in [-0.4, -0.2) is 5.78 Å². The second-order valence-corrected chi connectivity index (χ2v) is 5.11. The standard InChI is InChI=1S/C11H18O/c1-11(2)7-3-4-9(11)10(12)8-5-6-8/h8-9H,3-7H2,1-2H3. The van der Waals surface area contributed by atoms with E-state index in [1.54, 1.807) is 0 Å². The first kappa shape index (κ1) is 8.28. The predicted molar refractivity (Wildman–Crippen MR) is 48.9 cm³/mol. The highest BCUT2D eigenvalue weighted by Crippen LogP contribution is 2.47. The molecular weight excluding hydrogens is 148 g/mol. The summed E-state index contributed by atoms with van der Waals surface area (Å²) < 4.78 is 0. The summed E-state index contributed by atoms with van der Waals surface area (Å²) in [6, 6.07) is 0. The molecule has 1 nitrogen and oxygen atoms in total. The van der Waals surface area contributed by atoms with Crippen molar-refractivity contribution in [2.45, 2.75) is 46.0 Å².